The summed E-state index contributed by atoms with van der Waals surface area (Å²) in [5.41, 5.74) is 1.17. The molecule has 1 fully saturated rings. The van der Waals surface area contributed by atoms with Gasteiger partial charge in [-0.3, -0.25) is 9.59 Å². The van der Waals surface area contributed by atoms with E-state index in [1.54, 1.807) is 12.1 Å². The first-order valence-electron chi connectivity index (χ1n) is 7.18. The van der Waals surface area contributed by atoms with Gasteiger partial charge in [-0.25, -0.2) is 0 Å². The summed E-state index contributed by atoms with van der Waals surface area (Å²) < 4.78 is 0. The highest BCUT2D eigenvalue weighted by Crippen LogP contribution is 2.35. The van der Waals surface area contributed by atoms with Crippen molar-refractivity contribution in [1.82, 2.24) is 10.2 Å². The Morgan fingerprint density at radius 3 is 2.29 bits per heavy atom. The third-order valence-corrected chi connectivity index (χ3v) is 3.89. The van der Waals surface area contributed by atoms with Crippen LogP contribution >= 0.6 is 0 Å². The third kappa shape index (κ3) is 4.04. The zero-order chi connectivity index (χ0) is 15.5. The third-order valence-electron chi connectivity index (χ3n) is 3.89. The van der Waals surface area contributed by atoms with Gasteiger partial charge in [0.1, 0.15) is 0 Å². The van der Waals surface area contributed by atoms with Gasteiger partial charge in [0, 0.05) is 12.1 Å². The molecule has 2 N–H and O–H groups in total. The standard InChI is InChI=1S/C16H22N2O3/c1-18(2)11-12-4-6-13(7-5-12)15(21)17-16(8-3-9-16)10-14(19)20/h4-7H,3,8-11H2,1-2H3,(H,17,21)(H,19,20). The van der Waals surface area contributed by atoms with Crippen molar-refractivity contribution in [3.63, 3.8) is 0 Å². The summed E-state index contributed by atoms with van der Waals surface area (Å²) in [6.07, 6.45) is 2.44. The molecule has 5 heteroatoms. The number of carboxylic acids is 1. The Bertz CT molecular complexity index is 519. The van der Waals surface area contributed by atoms with Crippen molar-refractivity contribution in [3.05, 3.63) is 35.4 Å². The van der Waals surface area contributed by atoms with Crippen molar-refractivity contribution in [2.24, 2.45) is 0 Å². The van der Waals surface area contributed by atoms with Gasteiger partial charge in [0.05, 0.1) is 12.0 Å². The first-order valence-corrected chi connectivity index (χ1v) is 7.18. The summed E-state index contributed by atoms with van der Waals surface area (Å²) in [7, 11) is 3.99. The molecule has 1 aliphatic carbocycles. The molecule has 0 aromatic heterocycles. The van der Waals surface area contributed by atoms with Crippen LogP contribution in [0.15, 0.2) is 24.3 Å². The van der Waals surface area contributed by atoms with Gasteiger partial charge in [-0.1, -0.05) is 12.1 Å². The smallest absolute Gasteiger partial charge is 0.305 e. The molecule has 0 bridgehead atoms. The molecule has 0 heterocycles. The lowest BCUT2D eigenvalue weighted by molar-refractivity contribution is -0.139. The number of carbonyl (C=O) groups excluding carboxylic acids is 1. The number of carboxylic acid groups (broad SMARTS) is 1. The largest absolute Gasteiger partial charge is 0.481 e. The maximum atomic E-state index is 12.3. The van der Waals surface area contributed by atoms with Gasteiger partial charge >= 0.3 is 5.97 Å². The summed E-state index contributed by atoms with van der Waals surface area (Å²) in [6, 6.07) is 7.45. The van der Waals surface area contributed by atoms with E-state index in [4.69, 9.17) is 5.11 Å². The van der Waals surface area contributed by atoms with Gasteiger partial charge in [-0.15, -0.1) is 0 Å². The van der Waals surface area contributed by atoms with Crippen LogP contribution in [0.25, 0.3) is 0 Å². The van der Waals surface area contributed by atoms with Crippen LogP contribution in [-0.2, 0) is 11.3 Å². The summed E-state index contributed by atoms with van der Waals surface area (Å²) in [4.78, 5) is 25.2. The number of aliphatic carboxylic acids is 1. The quantitative estimate of drug-likeness (QED) is 0.839. The molecule has 2 rings (SSSR count). The highest BCUT2D eigenvalue weighted by atomic mass is 16.4. The fourth-order valence-corrected chi connectivity index (χ4v) is 2.68. The number of hydrogen-bond acceptors (Lipinski definition) is 3. The number of nitrogens with zero attached hydrogens (tertiary/aromatic N) is 1. The average molecular weight is 290 g/mol. The van der Waals surface area contributed by atoms with Crippen LogP contribution in [0.2, 0.25) is 0 Å². The summed E-state index contributed by atoms with van der Waals surface area (Å²) in [5.74, 6) is -1.05. The monoisotopic (exact) mass is 290 g/mol. The number of benzene rings is 1. The van der Waals surface area contributed by atoms with Crippen molar-refractivity contribution in [3.8, 4) is 0 Å². The molecule has 0 radical (unpaired) electrons. The first kappa shape index (κ1) is 15.5. The fourth-order valence-electron chi connectivity index (χ4n) is 2.68. The number of rotatable bonds is 6. The van der Waals surface area contributed by atoms with Gasteiger partial charge in [-0.2, -0.15) is 0 Å². The highest BCUT2D eigenvalue weighted by Gasteiger charge is 2.40. The predicted octanol–water partition coefficient (Wildman–Crippen LogP) is 1.88. The zero-order valence-corrected chi connectivity index (χ0v) is 12.6. The molecule has 1 aromatic carbocycles. The number of amides is 1. The predicted molar refractivity (Wildman–Crippen MR) is 80.1 cm³/mol. The molecule has 0 unspecified atom stereocenters. The number of hydrogen-bond donors (Lipinski definition) is 2. The van der Waals surface area contributed by atoms with Crippen LogP contribution in [0.5, 0.6) is 0 Å². The Hall–Kier alpha value is -1.88. The molecule has 1 aliphatic rings. The van der Waals surface area contributed by atoms with Crippen LogP contribution in [0.4, 0.5) is 0 Å². The molecule has 0 spiro atoms. The molecule has 0 saturated heterocycles. The van der Waals surface area contributed by atoms with Crippen molar-refractivity contribution in [1.29, 1.82) is 0 Å². The maximum Gasteiger partial charge on any atom is 0.305 e. The van der Waals surface area contributed by atoms with Gasteiger partial charge in [0.2, 0.25) is 0 Å². The summed E-state index contributed by atoms with van der Waals surface area (Å²) in [6.45, 7) is 0.824. The van der Waals surface area contributed by atoms with E-state index in [-0.39, 0.29) is 12.3 Å². The van der Waals surface area contributed by atoms with Gasteiger partial charge in [0.15, 0.2) is 0 Å². The van der Waals surface area contributed by atoms with E-state index in [0.29, 0.717) is 5.56 Å². The second-order valence-electron chi connectivity index (χ2n) is 6.09. The molecule has 0 atom stereocenters. The van der Waals surface area contributed by atoms with Crippen LogP contribution in [-0.4, -0.2) is 41.5 Å². The van der Waals surface area contributed by atoms with Crippen LogP contribution in [0, 0.1) is 0 Å². The highest BCUT2D eigenvalue weighted by molar-refractivity contribution is 5.95. The zero-order valence-electron chi connectivity index (χ0n) is 12.6. The van der Waals surface area contributed by atoms with E-state index in [0.717, 1.165) is 31.4 Å². The Morgan fingerprint density at radius 2 is 1.86 bits per heavy atom. The van der Waals surface area contributed by atoms with Crippen molar-refractivity contribution < 1.29 is 14.7 Å². The first-order chi connectivity index (χ1) is 9.90. The molecule has 1 saturated carbocycles. The summed E-state index contributed by atoms with van der Waals surface area (Å²) >= 11 is 0. The van der Waals surface area contributed by atoms with E-state index in [9.17, 15) is 9.59 Å². The Morgan fingerprint density at radius 1 is 1.24 bits per heavy atom. The lowest BCUT2D eigenvalue weighted by Gasteiger charge is -2.41. The second-order valence-corrected chi connectivity index (χ2v) is 6.09. The molecule has 1 amide bonds. The van der Waals surface area contributed by atoms with Gasteiger partial charge < -0.3 is 15.3 Å². The Labute approximate surface area is 125 Å². The SMILES string of the molecule is CN(C)Cc1ccc(C(=O)NC2(CC(=O)O)CCC2)cc1. The minimum Gasteiger partial charge on any atom is -0.481 e. The van der Waals surface area contributed by atoms with E-state index in [2.05, 4.69) is 10.2 Å². The van der Waals surface area contributed by atoms with E-state index >= 15 is 0 Å². The van der Waals surface area contributed by atoms with E-state index < -0.39 is 11.5 Å². The number of nitrogens with one attached hydrogen (secondary N) is 1. The molecule has 21 heavy (non-hydrogen) atoms. The van der Waals surface area contributed by atoms with Gasteiger partial charge in [-0.05, 0) is 51.1 Å². The minimum absolute atomic E-state index is 0.00253. The van der Waals surface area contributed by atoms with Crippen LogP contribution in [0.3, 0.4) is 0 Å². The Kier molecular flexibility index (Phi) is 4.63. The molecule has 1 aromatic rings. The molecule has 5 nitrogen and oxygen atoms in total. The van der Waals surface area contributed by atoms with Crippen LogP contribution < -0.4 is 5.32 Å². The molecular formula is C16H22N2O3. The molecular weight excluding hydrogens is 268 g/mol. The second kappa shape index (κ2) is 6.26. The lowest BCUT2D eigenvalue weighted by Crippen LogP contribution is -2.54. The molecule has 114 valence electrons. The van der Waals surface area contributed by atoms with Gasteiger partial charge in [0.25, 0.3) is 5.91 Å². The minimum atomic E-state index is -0.865. The van der Waals surface area contributed by atoms with E-state index in [1.165, 1.54) is 0 Å². The fraction of sp³-hybridized carbons (Fsp3) is 0.500. The normalized spacial score (nSPS) is 16.3. The topological polar surface area (TPSA) is 69.6 Å². The summed E-state index contributed by atoms with van der Waals surface area (Å²) in [5, 5.41) is 11.9. The Balaban J connectivity index is 2.01. The molecule has 0 aliphatic heterocycles. The van der Waals surface area contributed by atoms with Crippen molar-refractivity contribution in [2.45, 2.75) is 37.8 Å². The lowest BCUT2D eigenvalue weighted by atomic mass is 9.74. The maximum absolute atomic E-state index is 12.3. The number of carbonyl (C=O) groups is 2. The van der Waals surface area contributed by atoms with Crippen LogP contribution in [0.1, 0.15) is 41.6 Å². The average Bonchev–Trinajstić information content (AvgIpc) is 2.35. The van der Waals surface area contributed by atoms with Crippen molar-refractivity contribution >= 4 is 11.9 Å². The van der Waals surface area contributed by atoms with E-state index in [1.807, 2.05) is 26.2 Å². The van der Waals surface area contributed by atoms with Crippen molar-refractivity contribution in [2.75, 3.05) is 14.1 Å².